The third kappa shape index (κ3) is 10.1. The Hall–Kier alpha value is -3.84. The molecule has 0 unspecified atom stereocenters. The quantitative estimate of drug-likeness (QED) is 0.153. The number of benzene rings is 2. The van der Waals surface area contributed by atoms with Crippen LogP contribution in [0.3, 0.4) is 0 Å². The number of nitrogens with one attached hydrogen (secondary N) is 2. The second-order valence-electron chi connectivity index (χ2n) is 10.6. The van der Waals surface area contributed by atoms with E-state index >= 15 is 0 Å². The van der Waals surface area contributed by atoms with Crippen LogP contribution in [-0.2, 0) is 22.7 Å². The Kier molecular flexibility index (Phi) is 12.2. The highest BCUT2D eigenvalue weighted by Gasteiger charge is 2.18. The summed E-state index contributed by atoms with van der Waals surface area (Å²) in [6, 6.07) is 15.3. The van der Waals surface area contributed by atoms with E-state index < -0.39 is 17.8 Å². The second kappa shape index (κ2) is 15.6. The van der Waals surface area contributed by atoms with Gasteiger partial charge in [0.25, 0.3) is 0 Å². The smallest absolute Gasteiger partial charge is 0.408 e. The van der Waals surface area contributed by atoms with E-state index in [1.54, 1.807) is 29.5 Å². The number of amides is 2. The number of methoxy groups -OCH3 is 1. The third-order valence-corrected chi connectivity index (χ3v) is 7.97. The first kappa shape index (κ1) is 33.7. The molecule has 43 heavy (non-hydrogen) atoms. The highest BCUT2D eigenvalue weighted by molar-refractivity contribution is 7.13. The van der Waals surface area contributed by atoms with Crippen LogP contribution in [0.5, 0.6) is 0 Å². The van der Waals surface area contributed by atoms with Crippen LogP contribution < -0.4 is 10.6 Å². The fraction of sp³-hybridized carbons (Fsp3) is 0.355. The molecule has 2 aromatic heterocycles. The number of hydrogen-bond donors (Lipinski definition) is 4. The molecule has 0 bridgehead atoms. The van der Waals surface area contributed by atoms with Crippen LogP contribution in [0.25, 0.3) is 20.9 Å². The largest absolute Gasteiger partial charge is 0.465 e. The van der Waals surface area contributed by atoms with Gasteiger partial charge in [-0.15, -0.1) is 22.7 Å². The van der Waals surface area contributed by atoms with Gasteiger partial charge in [0.05, 0.1) is 57.5 Å². The SMILES string of the molecule is COCc1ncsc1-c1ccc([C@H](C)NC(=O)O)cc1.C[C@H](NC(=O)OC(C)(C)C)c1ccc(-c2scnc2CO)cc1. The fourth-order valence-corrected chi connectivity index (χ4v) is 5.66. The number of rotatable bonds is 9. The number of thiazole rings is 2. The lowest BCUT2D eigenvalue weighted by Gasteiger charge is -2.22. The summed E-state index contributed by atoms with van der Waals surface area (Å²) in [5.74, 6) is 0. The van der Waals surface area contributed by atoms with Crippen molar-refractivity contribution in [3.8, 4) is 20.9 Å². The molecule has 0 aliphatic heterocycles. The zero-order chi connectivity index (χ0) is 31.6. The minimum atomic E-state index is -1.02. The molecule has 2 heterocycles. The summed E-state index contributed by atoms with van der Waals surface area (Å²) in [6.07, 6.45) is -1.45. The molecular formula is C31H38N4O6S2. The van der Waals surface area contributed by atoms with Crippen molar-refractivity contribution in [2.45, 2.75) is 65.5 Å². The molecular weight excluding hydrogens is 588 g/mol. The maximum atomic E-state index is 11.8. The van der Waals surface area contributed by atoms with Gasteiger partial charge in [0.1, 0.15) is 5.60 Å². The third-order valence-electron chi connectivity index (χ3n) is 6.13. The van der Waals surface area contributed by atoms with E-state index in [2.05, 4.69) is 20.6 Å². The Morgan fingerprint density at radius 2 is 1.30 bits per heavy atom. The molecule has 230 valence electrons. The van der Waals surface area contributed by atoms with Gasteiger partial charge < -0.3 is 30.3 Å². The summed E-state index contributed by atoms with van der Waals surface area (Å²) in [4.78, 5) is 32.9. The van der Waals surface area contributed by atoms with E-state index in [1.807, 2.05) is 83.1 Å². The van der Waals surface area contributed by atoms with Crippen molar-refractivity contribution in [2.24, 2.45) is 0 Å². The highest BCUT2D eigenvalue weighted by atomic mass is 32.1. The van der Waals surface area contributed by atoms with Crippen molar-refractivity contribution in [3.05, 3.63) is 82.1 Å². The minimum Gasteiger partial charge on any atom is -0.465 e. The van der Waals surface area contributed by atoms with Crippen LogP contribution in [-0.4, -0.2) is 45.1 Å². The Labute approximate surface area is 259 Å². The summed E-state index contributed by atoms with van der Waals surface area (Å²) >= 11 is 3.06. The van der Waals surface area contributed by atoms with Gasteiger partial charge >= 0.3 is 12.2 Å². The first-order valence-corrected chi connectivity index (χ1v) is 15.3. The van der Waals surface area contributed by atoms with Gasteiger partial charge in [0.15, 0.2) is 0 Å². The van der Waals surface area contributed by atoms with Crippen molar-refractivity contribution in [1.82, 2.24) is 20.6 Å². The molecule has 0 radical (unpaired) electrons. The topological polar surface area (TPSA) is 143 Å². The van der Waals surface area contributed by atoms with Crippen molar-refractivity contribution < 1.29 is 29.3 Å². The molecule has 4 rings (SSSR count). The first-order chi connectivity index (χ1) is 20.4. The van der Waals surface area contributed by atoms with E-state index in [4.69, 9.17) is 14.6 Å². The van der Waals surface area contributed by atoms with Gasteiger partial charge in [0, 0.05) is 7.11 Å². The number of aromatic nitrogens is 2. The predicted octanol–water partition coefficient (Wildman–Crippen LogP) is 7.17. The number of carbonyl (C=O) groups is 2. The number of carbonyl (C=O) groups excluding carboxylic acids is 1. The first-order valence-electron chi connectivity index (χ1n) is 13.6. The average molecular weight is 627 g/mol. The van der Waals surface area contributed by atoms with Crippen molar-refractivity contribution in [1.29, 1.82) is 0 Å². The number of aliphatic hydroxyl groups is 1. The van der Waals surface area contributed by atoms with Crippen LogP contribution in [0.4, 0.5) is 9.59 Å². The second-order valence-corrected chi connectivity index (χ2v) is 12.3. The van der Waals surface area contributed by atoms with Crippen LogP contribution in [0, 0.1) is 0 Å². The lowest BCUT2D eigenvalue weighted by atomic mass is 10.0. The molecule has 10 nitrogen and oxygen atoms in total. The van der Waals surface area contributed by atoms with Crippen molar-refractivity contribution >= 4 is 34.9 Å². The molecule has 2 atom stereocenters. The van der Waals surface area contributed by atoms with E-state index in [0.717, 1.165) is 37.7 Å². The number of ether oxygens (including phenoxy) is 2. The lowest BCUT2D eigenvalue weighted by molar-refractivity contribution is 0.0508. The van der Waals surface area contributed by atoms with Gasteiger partial charge in [-0.2, -0.15) is 0 Å². The van der Waals surface area contributed by atoms with Crippen molar-refractivity contribution in [3.63, 3.8) is 0 Å². The molecule has 2 aromatic carbocycles. The Morgan fingerprint density at radius 1 is 0.837 bits per heavy atom. The van der Waals surface area contributed by atoms with E-state index in [9.17, 15) is 14.7 Å². The van der Waals surface area contributed by atoms with Gasteiger partial charge in [-0.25, -0.2) is 19.6 Å². The van der Waals surface area contributed by atoms with Gasteiger partial charge in [-0.3, -0.25) is 0 Å². The molecule has 12 heteroatoms. The van der Waals surface area contributed by atoms with E-state index in [-0.39, 0.29) is 18.7 Å². The summed E-state index contributed by atoms with van der Waals surface area (Å²) in [5.41, 5.74) is 8.58. The molecule has 0 saturated heterocycles. The Morgan fingerprint density at radius 3 is 1.74 bits per heavy atom. The molecule has 0 aliphatic rings. The summed E-state index contributed by atoms with van der Waals surface area (Å²) < 4.78 is 10.4. The number of alkyl carbamates (subject to hydrolysis) is 1. The van der Waals surface area contributed by atoms with Crippen LogP contribution in [0.1, 0.15) is 69.2 Å². The monoisotopic (exact) mass is 626 g/mol. The van der Waals surface area contributed by atoms with Crippen molar-refractivity contribution in [2.75, 3.05) is 7.11 Å². The number of nitrogens with zero attached hydrogens (tertiary/aromatic N) is 2. The Bertz CT molecular complexity index is 1460. The standard InChI is InChI=1S/C17H22N2O3S.C14H16N2O3S/c1-11(19-16(21)22-17(2,3)4)12-5-7-13(8-6-12)15-14(9-20)18-10-23-15;1-9(16-14(17)18)10-3-5-11(6-4-10)13-12(7-19-2)15-8-20-13/h5-8,10-11,20H,9H2,1-4H3,(H,19,21);3-6,8-9,16H,7H2,1-2H3,(H,17,18)/t11-;9-/m00/s1. The molecule has 0 fully saturated rings. The van der Waals surface area contributed by atoms with Crippen LogP contribution in [0.2, 0.25) is 0 Å². The molecule has 2 amide bonds. The predicted molar refractivity (Wildman–Crippen MR) is 169 cm³/mol. The summed E-state index contributed by atoms with van der Waals surface area (Å²) in [5, 5.41) is 23.3. The number of aliphatic hydroxyl groups excluding tert-OH is 1. The number of hydrogen-bond acceptors (Lipinski definition) is 9. The maximum absolute atomic E-state index is 11.8. The molecule has 4 N–H and O–H groups in total. The van der Waals surface area contributed by atoms with Gasteiger partial charge in [-0.1, -0.05) is 48.5 Å². The summed E-state index contributed by atoms with van der Waals surface area (Å²) in [6.45, 7) is 9.63. The van der Waals surface area contributed by atoms with Gasteiger partial charge in [0.2, 0.25) is 0 Å². The summed E-state index contributed by atoms with van der Waals surface area (Å²) in [7, 11) is 1.64. The molecule has 0 aliphatic carbocycles. The minimum absolute atomic E-state index is 0.0722. The van der Waals surface area contributed by atoms with Gasteiger partial charge in [-0.05, 0) is 56.9 Å². The zero-order valence-electron chi connectivity index (χ0n) is 25.1. The van der Waals surface area contributed by atoms with Crippen LogP contribution in [0.15, 0.2) is 59.6 Å². The average Bonchev–Trinajstić information content (AvgIpc) is 3.62. The zero-order valence-corrected chi connectivity index (χ0v) is 26.7. The molecule has 4 aromatic rings. The van der Waals surface area contributed by atoms with Crippen LogP contribution >= 0.6 is 22.7 Å². The molecule has 0 spiro atoms. The fourth-order valence-electron chi connectivity index (χ4n) is 4.04. The Balaban J connectivity index is 0.000000238. The normalized spacial score (nSPS) is 12.4. The number of carboxylic acid groups (broad SMARTS) is 1. The molecule has 0 saturated carbocycles. The highest BCUT2D eigenvalue weighted by Crippen LogP contribution is 2.30. The van der Waals surface area contributed by atoms with E-state index in [1.165, 1.54) is 11.3 Å². The lowest BCUT2D eigenvalue weighted by Crippen LogP contribution is -2.34. The van der Waals surface area contributed by atoms with E-state index in [0.29, 0.717) is 12.3 Å². The maximum Gasteiger partial charge on any atom is 0.408 e.